The number of hydrogen-bond donors (Lipinski definition) is 1. The molecule has 0 unspecified atom stereocenters. The summed E-state index contributed by atoms with van der Waals surface area (Å²) in [6.07, 6.45) is 0. The minimum Gasteiger partial charge on any atom is -0.369 e. The first-order chi connectivity index (χ1) is 7.22. The van der Waals surface area contributed by atoms with Gasteiger partial charge in [-0.3, -0.25) is 0 Å². The minimum atomic E-state index is 0.561. The third-order valence-corrected chi connectivity index (χ3v) is 2.44. The molecule has 0 atom stereocenters. The van der Waals surface area contributed by atoms with Crippen LogP contribution in [-0.4, -0.2) is 19.6 Å². The Bertz CT molecular complexity index is 371. The van der Waals surface area contributed by atoms with E-state index in [0.717, 1.165) is 18.8 Å². The summed E-state index contributed by atoms with van der Waals surface area (Å²) in [7, 11) is 0. The molecule has 0 bridgehead atoms. The van der Waals surface area contributed by atoms with Crippen LogP contribution in [0.3, 0.4) is 0 Å². The zero-order chi connectivity index (χ0) is 11.3. The van der Waals surface area contributed by atoms with E-state index in [1.54, 1.807) is 18.2 Å². The molecule has 0 aliphatic carbocycles. The van der Waals surface area contributed by atoms with Crippen molar-refractivity contribution in [3.8, 4) is 6.07 Å². The lowest BCUT2D eigenvalue weighted by Gasteiger charge is -2.23. The van der Waals surface area contributed by atoms with Crippen LogP contribution in [0.1, 0.15) is 12.5 Å². The van der Waals surface area contributed by atoms with Crippen molar-refractivity contribution in [3.63, 3.8) is 0 Å². The Morgan fingerprint density at radius 2 is 2.27 bits per heavy atom. The van der Waals surface area contributed by atoms with Gasteiger partial charge in [-0.15, -0.1) is 0 Å². The molecule has 1 aromatic carbocycles. The number of nitriles is 1. The van der Waals surface area contributed by atoms with Crippen LogP contribution < -0.4 is 10.6 Å². The van der Waals surface area contributed by atoms with Gasteiger partial charge in [-0.2, -0.15) is 5.26 Å². The van der Waals surface area contributed by atoms with Crippen LogP contribution in [0.2, 0.25) is 5.02 Å². The number of benzene rings is 1. The molecule has 0 saturated carbocycles. The van der Waals surface area contributed by atoms with Crippen LogP contribution in [0.25, 0.3) is 0 Å². The molecule has 0 heterocycles. The molecule has 80 valence electrons. The maximum Gasteiger partial charge on any atom is 0.101 e. The molecule has 0 radical (unpaired) electrons. The summed E-state index contributed by atoms with van der Waals surface area (Å²) >= 11 is 5.91. The van der Waals surface area contributed by atoms with Crippen molar-refractivity contribution < 1.29 is 0 Å². The number of hydrogen-bond acceptors (Lipinski definition) is 3. The number of nitrogens with two attached hydrogens (primary N) is 1. The lowest BCUT2D eigenvalue weighted by molar-refractivity contribution is 0.815. The average molecular weight is 224 g/mol. The highest BCUT2D eigenvalue weighted by atomic mass is 35.5. The smallest absolute Gasteiger partial charge is 0.101 e. The second-order valence-corrected chi connectivity index (χ2v) is 3.58. The number of anilines is 1. The first-order valence-electron chi connectivity index (χ1n) is 4.87. The van der Waals surface area contributed by atoms with Crippen molar-refractivity contribution in [2.24, 2.45) is 5.73 Å². The van der Waals surface area contributed by atoms with E-state index in [-0.39, 0.29) is 0 Å². The fourth-order valence-electron chi connectivity index (χ4n) is 1.47. The Kier molecular flexibility index (Phi) is 4.41. The molecule has 1 rings (SSSR count). The normalized spacial score (nSPS) is 9.73. The van der Waals surface area contributed by atoms with Crippen molar-refractivity contribution in [1.29, 1.82) is 5.26 Å². The second-order valence-electron chi connectivity index (χ2n) is 3.14. The van der Waals surface area contributed by atoms with Gasteiger partial charge in [0.1, 0.15) is 6.07 Å². The first kappa shape index (κ1) is 11.8. The molecule has 2 N–H and O–H groups in total. The van der Waals surface area contributed by atoms with Crippen LogP contribution in [0, 0.1) is 11.3 Å². The van der Waals surface area contributed by atoms with Crippen LogP contribution in [0.15, 0.2) is 18.2 Å². The highest BCUT2D eigenvalue weighted by Crippen LogP contribution is 2.23. The van der Waals surface area contributed by atoms with E-state index in [2.05, 4.69) is 6.07 Å². The molecule has 0 aliphatic heterocycles. The lowest BCUT2D eigenvalue weighted by atomic mass is 10.1. The summed E-state index contributed by atoms with van der Waals surface area (Å²) in [6, 6.07) is 7.41. The Balaban J connectivity index is 3.09. The van der Waals surface area contributed by atoms with Gasteiger partial charge in [0.25, 0.3) is 0 Å². The van der Waals surface area contributed by atoms with Crippen molar-refractivity contribution >= 4 is 17.3 Å². The van der Waals surface area contributed by atoms with Crippen molar-refractivity contribution in [2.45, 2.75) is 6.92 Å². The summed E-state index contributed by atoms with van der Waals surface area (Å²) < 4.78 is 0. The summed E-state index contributed by atoms with van der Waals surface area (Å²) in [5, 5.41) is 9.61. The van der Waals surface area contributed by atoms with E-state index in [0.29, 0.717) is 17.1 Å². The number of nitrogens with zero attached hydrogens (tertiary/aromatic N) is 2. The van der Waals surface area contributed by atoms with Crippen LogP contribution >= 0.6 is 11.6 Å². The molecule has 0 aromatic heterocycles. The predicted molar refractivity (Wildman–Crippen MR) is 63.1 cm³/mol. The van der Waals surface area contributed by atoms with Gasteiger partial charge in [0.15, 0.2) is 0 Å². The maximum atomic E-state index is 8.97. The quantitative estimate of drug-likeness (QED) is 0.850. The van der Waals surface area contributed by atoms with Crippen LogP contribution in [0.5, 0.6) is 0 Å². The minimum absolute atomic E-state index is 0.561. The molecule has 0 saturated heterocycles. The Morgan fingerprint density at radius 3 is 2.80 bits per heavy atom. The fraction of sp³-hybridized carbons (Fsp3) is 0.364. The predicted octanol–water partition coefficient (Wildman–Crippen LogP) is 2.00. The van der Waals surface area contributed by atoms with E-state index in [4.69, 9.17) is 22.6 Å². The molecule has 3 nitrogen and oxygen atoms in total. The molecule has 15 heavy (non-hydrogen) atoms. The second kappa shape index (κ2) is 5.59. The van der Waals surface area contributed by atoms with Gasteiger partial charge >= 0.3 is 0 Å². The molecule has 1 aromatic rings. The van der Waals surface area contributed by atoms with Crippen LogP contribution in [-0.2, 0) is 0 Å². The zero-order valence-corrected chi connectivity index (χ0v) is 9.46. The van der Waals surface area contributed by atoms with Gasteiger partial charge in [0, 0.05) is 24.7 Å². The van der Waals surface area contributed by atoms with Gasteiger partial charge in [-0.1, -0.05) is 11.6 Å². The van der Waals surface area contributed by atoms with E-state index in [1.165, 1.54) is 0 Å². The Morgan fingerprint density at radius 1 is 1.53 bits per heavy atom. The zero-order valence-electron chi connectivity index (χ0n) is 8.70. The van der Waals surface area contributed by atoms with E-state index < -0.39 is 0 Å². The monoisotopic (exact) mass is 223 g/mol. The largest absolute Gasteiger partial charge is 0.369 e. The molecule has 0 amide bonds. The fourth-order valence-corrected chi connectivity index (χ4v) is 1.63. The molecular formula is C11H14ClN3. The Hall–Kier alpha value is -1.24. The van der Waals surface area contributed by atoms with Crippen LogP contribution in [0.4, 0.5) is 5.69 Å². The number of likely N-dealkylation sites (N-methyl/N-ethyl adjacent to an activating group) is 1. The average Bonchev–Trinajstić information content (AvgIpc) is 2.26. The van der Waals surface area contributed by atoms with Gasteiger partial charge < -0.3 is 10.6 Å². The molecule has 0 aliphatic rings. The topological polar surface area (TPSA) is 53.0 Å². The van der Waals surface area contributed by atoms with Gasteiger partial charge in [0.05, 0.1) is 11.3 Å². The highest BCUT2D eigenvalue weighted by molar-refractivity contribution is 6.30. The SMILES string of the molecule is CCN(CCN)c1cc(Cl)ccc1C#N. The summed E-state index contributed by atoms with van der Waals surface area (Å²) in [6.45, 7) is 4.13. The van der Waals surface area contributed by atoms with E-state index >= 15 is 0 Å². The van der Waals surface area contributed by atoms with E-state index in [9.17, 15) is 0 Å². The van der Waals surface area contributed by atoms with Crippen molar-refractivity contribution in [3.05, 3.63) is 28.8 Å². The van der Waals surface area contributed by atoms with Gasteiger partial charge in [-0.25, -0.2) is 0 Å². The lowest BCUT2D eigenvalue weighted by Crippen LogP contribution is -2.29. The molecular weight excluding hydrogens is 210 g/mol. The number of rotatable bonds is 4. The summed E-state index contributed by atoms with van der Waals surface area (Å²) in [5.41, 5.74) is 7.01. The summed E-state index contributed by atoms with van der Waals surface area (Å²) in [4.78, 5) is 2.05. The third kappa shape index (κ3) is 2.85. The van der Waals surface area contributed by atoms with Crippen molar-refractivity contribution in [1.82, 2.24) is 0 Å². The van der Waals surface area contributed by atoms with E-state index in [1.807, 2.05) is 11.8 Å². The molecule has 0 fully saturated rings. The standard InChI is InChI=1S/C11H14ClN3/c1-2-15(6-5-13)11-7-10(12)4-3-9(11)8-14/h3-4,7H,2,5-6,13H2,1H3. The molecule has 0 spiro atoms. The Labute approximate surface area is 95.1 Å². The summed E-state index contributed by atoms with van der Waals surface area (Å²) in [5.74, 6) is 0. The highest BCUT2D eigenvalue weighted by Gasteiger charge is 2.09. The number of halogens is 1. The van der Waals surface area contributed by atoms with Gasteiger partial charge in [-0.05, 0) is 25.1 Å². The maximum absolute atomic E-state index is 8.97. The third-order valence-electron chi connectivity index (χ3n) is 2.20. The first-order valence-corrected chi connectivity index (χ1v) is 5.25. The van der Waals surface area contributed by atoms with Crippen molar-refractivity contribution in [2.75, 3.05) is 24.5 Å². The van der Waals surface area contributed by atoms with Gasteiger partial charge in [0.2, 0.25) is 0 Å². The molecule has 4 heteroatoms.